The topological polar surface area (TPSA) is 79.7 Å². The van der Waals surface area contributed by atoms with Gasteiger partial charge in [-0.1, -0.05) is 0 Å². The van der Waals surface area contributed by atoms with Crippen LogP contribution in [0.5, 0.6) is 0 Å². The summed E-state index contributed by atoms with van der Waals surface area (Å²) in [5, 5.41) is 12.2. The van der Waals surface area contributed by atoms with Crippen LogP contribution in [0.4, 0.5) is 0 Å². The number of likely N-dealkylation sites (N-methyl/N-ethyl adjacent to an activating group) is 1. The quantitative estimate of drug-likeness (QED) is 0.681. The predicted octanol–water partition coefficient (Wildman–Crippen LogP) is 0.281. The number of nitrogens with one attached hydrogen (secondary N) is 1. The number of hydrogen-bond acceptors (Lipinski definition) is 5. The van der Waals surface area contributed by atoms with E-state index in [0.717, 1.165) is 52.1 Å². The van der Waals surface area contributed by atoms with Crippen LogP contribution in [-0.2, 0) is 9.59 Å². The highest BCUT2D eigenvalue weighted by Crippen LogP contribution is 2.39. The Hall–Kier alpha value is -1.65. The molecule has 2 fully saturated rings. The van der Waals surface area contributed by atoms with Crippen molar-refractivity contribution in [2.24, 2.45) is 5.92 Å². The van der Waals surface area contributed by atoms with Gasteiger partial charge in [-0.05, 0) is 39.5 Å². The number of rotatable bonds is 8. The van der Waals surface area contributed by atoms with E-state index in [1.54, 1.807) is 0 Å². The largest absolute Gasteiger partial charge is 0.342 e. The molecule has 0 aromatic heterocycles. The van der Waals surface area contributed by atoms with Gasteiger partial charge in [-0.3, -0.25) is 19.4 Å². The molecule has 2 amide bonds. The van der Waals surface area contributed by atoms with Gasteiger partial charge in [0.05, 0.1) is 19.2 Å². The lowest BCUT2D eigenvalue weighted by molar-refractivity contribution is -0.133. The second kappa shape index (κ2) is 8.63. The Morgan fingerprint density at radius 3 is 2.08 bits per heavy atom. The molecule has 1 atom stereocenters. The predicted molar refractivity (Wildman–Crippen MR) is 95.7 cm³/mol. The fraction of sp³-hybridized carbons (Fsp3) is 0.833. The van der Waals surface area contributed by atoms with Crippen LogP contribution in [0.2, 0.25) is 0 Å². The highest BCUT2D eigenvalue weighted by atomic mass is 16.2. The summed E-state index contributed by atoms with van der Waals surface area (Å²) in [4.78, 5) is 30.5. The van der Waals surface area contributed by atoms with Crippen molar-refractivity contribution >= 4 is 11.8 Å². The maximum Gasteiger partial charge on any atom is 0.236 e. The second-order valence-electron chi connectivity index (χ2n) is 7.25. The van der Waals surface area contributed by atoms with Gasteiger partial charge in [0.25, 0.3) is 0 Å². The Morgan fingerprint density at radius 1 is 1.12 bits per heavy atom. The third kappa shape index (κ3) is 5.41. The molecule has 0 radical (unpaired) electrons. The van der Waals surface area contributed by atoms with Gasteiger partial charge in [-0.15, -0.1) is 0 Å². The van der Waals surface area contributed by atoms with Crippen LogP contribution in [0.25, 0.3) is 0 Å². The number of carbonyl (C=O) groups is 2. The van der Waals surface area contributed by atoms with Gasteiger partial charge >= 0.3 is 0 Å². The molecule has 25 heavy (non-hydrogen) atoms. The SMILES string of the molecule is CCN(CC)C(=O)CN1CCN(CC(=O)NC(C)(C#N)C2CC2)CC1. The first-order chi connectivity index (χ1) is 11.9. The molecule has 0 aromatic rings. The van der Waals surface area contributed by atoms with Crippen molar-refractivity contribution in [3.63, 3.8) is 0 Å². The average molecular weight is 349 g/mol. The van der Waals surface area contributed by atoms with Gasteiger partial charge in [0.1, 0.15) is 5.54 Å². The van der Waals surface area contributed by atoms with E-state index in [4.69, 9.17) is 0 Å². The van der Waals surface area contributed by atoms with Crippen molar-refractivity contribution in [3.05, 3.63) is 0 Å². The summed E-state index contributed by atoms with van der Waals surface area (Å²) in [7, 11) is 0. The van der Waals surface area contributed by atoms with Gasteiger partial charge < -0.3 is 10.2 Å². The minimum Gasteiger partial charge on any atom is -0.342 e. The molecule has 2 rings (SSSR count). The Morgan fingerprint density at radius 2 is 1.64 bits per heavy atom. The first-order valence-electron chi connectivity index (χ1n) is 9.36. The molecule has 1 aliphatic heterocycles. The van der Waals surface area contributed by atoms with E-state index >= 15 is 0 Å². The molecule has 1 unspecified atom stereocenters. The van der Waals surface area contributed by atoms with E-state index in [1.165, 1.54) is 0 Å². The minimum atomic E-state index is -0.727. The zero-order valence-electron chi connectivity index (χ0n) is 15.8. The molecule has 0 aromatic carbocycles. The average Bonchev–Trinajstić information content (AvgIpc) is 3.43. The first-order valence-corrected chi connectivity index (χ1v) is 9.36. The number of nitrogens with zero attached hydrogens (tertiary/aromatic N) is 4. The normalized spacial score (nSPS) is 21.2. The summed E-state index contributed by atoms with van der Waals surface area (Å²) in [6.07, 6.45) is 2.03. The maximum atomic E-state index is 12.3. The summed E-state index contributed by atoms with van der Waals surface area (Å²) < 4.78 is 0. The fourth-order valence-electron chi connectivity index (χ4n) is 3.39. The molecule has 1 heterocycles. The van der Waals surface area contributed by atoms with Crippen LogP contribution >= 0.6 is 0 Å². The fourth-order valence-corrected chi connectivity index (χ4v) is 3.39. The highest BCUT2D eigenvalue weighted by Gasteiger charge is 2.43. The van der Waals surface area contributed by atoms with Gasteiger partial charge in [0.2, 0.25) is 11.8 Å². The lowest BCUT2D eigenvalue weighted by atomic mass is 9.98. The number of piperazine rings is 1. The van der Waals surface area contributed by atoms with E-state index < -0.39 is 5.54 Å². The van der Waals surface area contributed by atoms with E-state index in [1.807, 2.05) is 25.7 Å². The monoisotopic (exact) mass is 349 g/mol. The standard InChI is InChI=1S/C18H31N5O2/c1-4-23(5-2)17(25)13-22-10-8-21(9-11-22)12-16(24)20-18(3,14-19)15-6-7-15/h15H,4-13H2,1-3H3,(H,20,24). The van der Waals surface area contributed by atoms with Crippen molar-refractivity contribution in [3.8, 4) is 6.07 Å². The third-order valence-corrected chi connectivity index (χ3v) is 5.33. The van der Waals surface area contributed by atoms with Crippen LogP contribution in [0.3, 0.4) is 0 Å². The number of amides is 2. The van der Waals surface area contributed by atoms with Crippen molar-refractivity contribution in [2.75, 3.05) is 52.4 Å². The smallest absolute Gasteiger partial charge is 0.236 e. The summed E-state index contributed by atoms with van der Waals surface area (Å²) in [5.41, 5.74) is -0.727. The summed E-state index contributed by atoms with van der Waals surface area (Å²) >= 11 is 0. The van der Waals surface area contributed by atoms with Gasteiger partial charge in [-0.2, -0.15) is 5.26 Å². The number of hydrogen-bond donors (Lipinski definition) is 1. The van der Waals surface area contributed by atoms with Crippen LogP contribution in [0.1, 0.15) is 33.6 Å². The molecule has 0 spiro atoms. The molecule has 7 heteroatoms. The molecule has 2 aliphatic rings. The number of nitriles is 1. The highest BCUT2D eigenvalue weighted by molar-refractivity contribution is 5.79. The minimum absolute atomic E-state index is 0.0800. The molecule has 7 nitrogen and oxygen atoms in total. The Bertz CT molecular complexity index is 516. The number of carbonyl (C=O) groups excluding carboxylic acids is 2. The van der Waals surface area contributed by atoms with Crippen LogP contribution < -0.4 is 5.32 Å². The first kappa shape index (κ1) is 19.7. The van der Waals surface area contributed by atoms with Crippen molar-refractivity contribution in [2.45, 2.75) is 39.2 Å². The van der Waals surface area contributed by atoms with Crippen LogP contribution in [-0.4, -0.2) is 84.4 Å². The summed E-state index contributed by atoms with van der Waals surface area (Å²) in [6.45, 7) is 11.2. The molecule has 1 aliphatic carbocycles. The molecular weight excluding hydrogens is 318 g/mol. The zero-order chi connectivity index (χ0) is 18.4. The van der Waals surface area contributed by atoms with Gasteiger partial charge in [-0.25, -0.2) is 0 Å². The van der Waals surface area contributed by atoms with E-state index in [0.29, 0.717) is 19.0 Å². The van der Waals surface area contributed by atoms with Crippen LogP contribution in [0.15, 0.2) is 0 Å². The Balaban J connectivity index is 1.72. The lowest BCUT2D eigenvalue weighted by Gasteiger charge is -2.35. The van der Waals surface area contributed by atoms with E-state index in [9.17, 15) is 14.9 Å². The third-order valence-electron chi connectivity index (χ3n) is 5.33. The lowest BCUT2D eigenvalue weighted by Crippen LogP contribution is -2.54. The van der Waals surface area contributed by atoms with Gasteiger partial charge in [0.15, 0.2) is 0 Å². The van der Waals surface area contributed by atoms with E-state index in [2.05, 4.69) is 21.2 Å². The van der Waals surface area contributed by atoms with E-state index in [-0.39, 0.29) is 11.8 Å². The van der Waals surface area contributed by atoms with Gasteiger partial charge in [0, 0.05) is 39.3 Å². The van der Waals surface area contributed by atoms with Crippen LogP contribution in [0, 0.1) is 17.2 Å². The van der Waals surface area contributed by atoms with Crippen molar-refractivity contribution in [1.29, 1.82) is 5.26 Å². The summed E-state index contributed by atoms with van der Waals surface area (Å²) in [5.74, 6) is 0.387. The second-order valence-corrected chi connectivity index (χ2v) is 7.25. The molecule has 1 saturated heterocycles. The molecule has 1 N–H and O–H groups in total. The maximum absolute atomic E-state index is 12.3. The molecular formula is C18H31N5O2. The summed E-state index contributed by atoms with van der Waals surface area (Å²) in [6, 6.07) is 2.26. The molecule has 0 bridgehead atoms. The Labute approximate surface area is 150 Å². The van der Waals surface area contributed by atoms with Crippen molar-refractivity contribution in [1.82, 2.24) is 20.0 Å². The Kier molecular flexibility index (Phi) is 6.79. The molecule has 140 valence electrons. The molecule has 1 saturated carbocycles. The van der Waals surface area contributed by atoms with Crippen molar-refractivity contribution < 1.29 is 9.59 Å². The zero-order valence-corrected chi connectivity index (χ0v) is 15.8.